The summed E-state index contributed by atoms with van der Waals surface area (Å²) in [6.07, 6.45) is 0. The number of carbonyl (C=O) groups is 2. The second-order valence-electron chi connectivity index (χ2n) is 5.93. The lowest BCUT2D eigenvalue weighted by Gasteiger charge is -2.38. The van der Waals surface area contributed by atoms with Gasteiger partial charge < -0.3 is 14.7 Å². The first kappa shape index (κ1) is 16.8. The number of rotatable bonds is 4. The number of ether oxygens (including phenoxy) is 1. The van der Waals surface area contributed by atoms with Gasteiger partial charge in [0.1, 0.15) is 5.25 Å². The summed E-state index contributed by atoms with van der Waals surface area (Å²) in [5, 5.41) is 8.46. The Labute approximate surface area is 134 Å². The zero-order valence-corrected chi connectivity index (χ0v) is 13.9. The van der Waals surface area contributed by atoms with Gasteiger partial charge in [-0.15, -0.1) is 11.8 Å². The largest absolute Gasteiger partial charge is 0.480 e. The molecule has 2 rings (SSSR count). The van der Waals surface area contributed by atoms with Gasteiger partial charge in [0.2, 0.25) is 0 Å². The minimum Gasteiger partial charge on any atom is -0.480 e. The molecule has 1 aromatic rings. The van der Waals surface area contributed by atoms with Gasteiger partial charge in [-0.05, 0) is 32.9 Å². The van der Waals surface area contributed by atoms with Crippen molar-refractivity contribution in [1.82, 2.24) is 4.90 Å². The lowest BCUT2D eigenvalue weighted by Crippen LogP contribution is -2.50. The van der Waals surface area contributed by atoms with Gasteiger partial charge in [-0.3, -0.25) is 9.59 Å². The summed E-state index contributed by atoms with van der Waals surface area (Å²) >= 11 is 1.19. The topological polar surface area (TPSA) is 66.8 Å². The van der Waals surface area contributed by atoms with E-state index in [2.05, 4.69) is 0 Å². The standard InChI is InChI=1S/C16H21NO4S/c1-11(15(19)20)22-13-7-5-4-6-12(13)14(18)17-8-9-21-16(2,3)10-17/h4-7,11H,8-10H2,1-3H3,(H,19,20). The molecule has 0 radical (unpaired) electrons. The van der Waals surface area contributed by atoms with Gasteiger partial charge in [-0.2, -0.15) is 0 Å². The summed E-state index contributed by atoms with van der Waals surface area (Å²) in [5.74, 6) is -0.961. The zero-order valence-electron chi connectivity index (χ0n) is 13.0. The number of morpholine rings is 1. The molecule has 6 heteroatoms. The first-order valence-electron chi connectivity index (χ1n) is 7.22. The van der Waals surface area contributed by atoms with Crippen molar-refractivity contribution in [3.63, 3.8) is 0 Å². The van der Waals surface area contributed by atoms with Crippen LogP contribution in [0.15, 0.2) is 29.2 Å². The molecular weight excluding hydrogens is 302 g/mol. The molecule has 0 aromatic heterocycles. The lowest BCUT2D eigenvalue weighted by atomic mass is 10.1. The molecule has 1 fully saturated rings. The summed E-state index contributed by atoms with van der Waals surface area (Å²) < 4.78 is 5.63. The zero-order chi connectivity index (χ0) is 16.3. The number of amides is 1. The van der Waals surface area contributed by atoms with Gasteiger partial charge in [-0.1, -0.05) is 12.1 Å². The summed E-state index contributed by atoms with van der Waals surface area (Å²) in [4.78, 5) is 26.3. The van der Waals surface area contributed by atoms with E-state index >= 15 is 0 Å². The molecule has 1 heterocycles. The van der Waals surface area contributed by atoms with E-state index in [1.807, 2.05) is 19.9 Å². The molecule has 0 spiro atoms. The molecule has 1 aliphatic rings. The van der Waals surface area contributed by atoms with Crippen LogP contribution in [0.4, 0.5) is 0 Å². The Kier molecular flexibility index (Phi) is 5.13. The van der Waals surface area contributed by atoms with Crippen LogP contribution in [0.1, 0.15) is 31.1 Å². The quantitative estimate of drug-likeness (QED) is 0.862. The molecule has 1 aliphatic heterocycles. The maximum Gasteiger partial charge on any atom is 0.316 e. The van der Waals surface area contributed by atoms with E-state index in [-0.39, 0.29) is 11.5 Å². The number of nitrogens with zero attached hydrogens (tertiary/aromatic N) is 1. The van der Waals surface area contributed by atoms with Gasteiger partial charge >= 0.3 is 5.97 Å². The van der Waals surface area contributed by atoms with E-state index < -0.39 is 11.2 Å². The predicted octanol–water partition coefficient (Wildman–Crippen LogP) is 2.50. The predicted molar refractivity (Wildman–Crippen MR) is 85.3 cm³/mol. The van der Waals surface area contributed by atoms with Crippen LogP contribution < -0.4 is 0 Å². The summed E-state index contributed by atoms with van der Waals surface area (Å²) in [7, 11) is 0. The summed E-state index contributed by atoms with van der Waals surface area (Å²) in [5.41, 5.74) is 0.197. The maximum atomic E-state index is 12.8. The van der Waals surface area contributed by atoms with Crippen molar-refractivity contribution in [1.29, 1.82) is 0 Å². The molecule has 1 saturated heterocycles. The first-order chi connectivity index (χ1) is 10.3. The normalized spacial score (nSPS) is 18.8. The molecule has 1 amide bonds. The Morgan fingerprint density at radius 3 is 2.68 bits per heavy atom. The van der Waals surface area contributed by atoms with Crippen molar-refractivity contribution >= 4 is 23.6 Å². The molecule has 5 nitrogen and oxygen atoms in total. The Hall–Kier alpha value is -1.53. The van der Waals surface area contributed by atoms with Crippen molar-refractivity contribution in [2.45, 2.75) is 36.5 Å². The maximum absolute atomic E-state index is 12.8. The van der Waals surface area contributed by atoms with Crippen LogP contribution in [-0.2, 0) is 9.53 Å². The van der Waals surface area contributed by atoms with Gasteiger partial charge in [0.25, 0.3) is 5.91 Å². The average Bonchev–Trinajstić information content (AvgIpc) is 2.46. The molecule has 0 bridgehead atoms. The Balaban J connectivity index is 2.21. The fraction of sp³-hybridized carbons (Fsp3) is 0.500. The fourth-order valence-corrected chi connectivity index (χ4v) is 3.27. The number of carboxylic acid groups (broad SMARTS) is 1. The number of aliphatic carboxylic acids is 1. The highest BCUT2D eigenvalue weighted by molar-refractivity contribution is 8.00. The molecule has 1 atom stereocenters. The second kappa shape index (κ2) is 6.71. The third-order valence-corrected chi connectivity index (χ3v) is 4.65. The molecule has 0 aliphatic carbocycles. The van der Waals surface area contributed by atoms with E-state index in [1.165, 1.54) is 11.8 Å². The molecule has 22 heavy (non-hydrogen) atoms. The number of carboxylic acids is 1. The fourth-order valence-electron chi connectivity index (χ4n) is 2.35. The minimum atomic E-state index is -0.889. The van der Waals surface area contributed by atoms with Crippen molar-refractivity contribution in [2.24, 2.45) is 0 Å². The van der Waals surface area contributed by atoms with E-state index in [1.54, 1.807) is 30.0 Å². The summed E-state index contributed by atoms with van der Waals surface area (Å²) in [6, 6.07) is 7.16. The van der Waals surface area contributed by atoms with Crippen LogP contribution in [0.3, 0.4) is 0 Å². The van der Waals surface area contributed by atoms with E-state index in [4.69, 9.17) is 9.84 Å². The highest BCUT2D eigenvalue weighted by Gasteiger charge is 2.31. The SMILES string of the molecule is CC(Sc1ccccc1C(=O)N1CCOC(C)(C)C1)C(=O)O. The Morgan fingerprint density at radius 2 is 2.05 bits per heavy atom. The molecule has 120 valence electrons. The van der Waals surface area contributed by atoms with Crippen molar-refractivity contribution < 1.29 is 19.4 Å². The van der Waals surface area contributed by atoms with Crippen LogP contribution in [-0.4, -0.2) is 52.4 Å². The van der Waals surface area contributed by atoms with E-state index in [0.717, 1.165) is 0 Å². The van der Waals surface area contributed by atoms with Gasteiger partial charge in [0, 0.05) is 18.0 Å². The van der Waals surface area contributed by atoms with Crippen LogP contribution in [0.25, 0.3) is 0 Å². The number of hydrogen-bond acceptors (Lipinski definition) is 4. The monoisotopic (exact) mass is 323 g/mol. The van der Waals surface area contributed by atoms with Crippen LogP contribution in [0.5, 0.6) is 0 Å². The first-order valence-corrected chi connectivity index (χ1v) is 8.10. The van der Waals surface area contributed by atoms with Gasteiger partial charge in [0.05, 0.1) is 17.8 Å². The molecule has 0 saturated carbocycles. The third kappa shape index (κ3) is 4.01. The number of carbonyl (C=O) groups excluding carboxylic acids is 1. The highest BCUT2D eigenvalue weighted by atomic mass is 32.2. The number of benzene rings is 1. The number of thioether (sulfide) groups is 1. The Bertz CT molecular complexity index is 573. The smallest absolute Gasteiger partial charge is 0.316 e. The second-order valence-corrected chi connectivity index (χ2v) is 7.31. The van der Waals surface area contributed by atoms with Crippen LogP contribution in [0, 0.1) is 0 Å². The highest BCUT2D eigenvalue weighted by Crippen LogP contribution is 2.29. The van der Waals surface area contributed by atoms with E-state index in [0.29, 0.717) is 30.2 Å². The number of hydrogen-bond donors (Lipinski definition) is 1. The van der Waals surface area contributed by atoms with Gasteiger partial charge in [-0.25, -0.2) is 0 Å². The van der Waals surface area contributed by atoms with Crippen molar-refractivity contribution in [3.8, 4) is 0 Å². The van der Waals surface area contributed by atoms with Crippen LogP contribution in [0.2, 0.25) is 0 Å². The summed E-state index contributed by atoms with van der Waals surface area (Å²) in [6.45, 7) is 7.12. The minimum absolute atomic E-state index is 0.0722. The Morgan fingerprint density at radius 1 is 1.36 bits per heavy atom. The van der Waals surface area contributed by atoms with E-state index in [9.17, 15) is 9.59 Å². The van der Waals surface area contributed by atoms with Gasteiger partial charge in [0.15, 0.2) is 0 Å². The molecule has 1 aromatic carbocycles. The third-order valence-electron chi connectivity index (χ3n) is 3.48. The molecule has 1 unspecified atom stereocenters. The lowest BCUT2D eigenvalue weighted by molar-refractivity contribution is -0.136. The molecular formula is C16H21NO4S. The molecule has 1 N–H and O–H groups in total. The van der Waals surface area contributed by atoms with Crippen molar-refractivity contribution in [2.75, 3.05) is 19.7 Å². The average molecular weight is 323 g/mol. The van der Waals surface area contributed by atoms with Crippen LogP contribution >= 0.6 is 11.8 Å². The van der Waals surface area contributed by atoms with Crippen molar-refractivity contribution in [3.05, 3.63) is 29.8 Å².